The molecule has 0 unspecified atom stereocenters. The fourth-order valence-corrected chi connectivity index (χ4v) is 5.27. The topological polar surface area (TPSA) is 116 Å². The zero-order chi connectivity index (χ0) is 21.8. The first-order valence-electron chi connectivity index (χ1n) is 10.2. The number of para-hydroxylation sites is 1. The molecule has 1 spiro atoms. The zero-order valence-corrected chi connectivity index (χ0v) is 16.6. The number of aliphatic carboxylic acids is 1. The number of carbonyl (C=O) groups excluding carboxylic acids is 3. The van der Waals surface area contributed by atoms with Crippen LogP contribution in [0, 0.1) is 11.8 Å². The quantitative estimate of drug-likeness (QED) is 0.632. The number of rotatable bonds is 5. The predicted molar refractivity (Wildman–Crippen MR) is 110 cm³/mol. The number of hydrogen-bond donors (Lipinski definition) is 3. The van der Waals surface area contributed by atoms with E-state index in [-0.39, 0.29) is 31.2 Å². The van der Waals surface area contributed by atoms with Crippen LogP contribution in [0.15, 0.2) is 54.6 Å². The van der Waals surface area contributed by atoms with Crippen molar-refractivity contribution in [3.8, 4) is 0 Å². The van der Waals surface area contributed by atoms with E-state index in [4.69, 9.17) is 0 Å². The lowest BCUT2D eigenvalue weighted by molar-refractivity contribution is -0.144. The van der Waals surface area contributed by atoms with E-state index >= 15 is 0 Å². The smallest absolute Gasteiger partial charge is 0.303 e. The molecule has 3 aliphatic heterocycles. The number of anilines is 1. The van der Waals surface area contributed by atoms with Crippen LogP contribution in [0.3, 0.4) is 0 Å². The van der Waals surface area contributed by atoms with E-state index < -0.39 is 35.3 Å². The number of benzene rings is 2. The Morgan fingerprint density at radius 1 is 1.00 bits per heavy atom. The van der Waals surface area contributed by atoms with E-state index in [1.54, 1.807) is 24.3 Å². The van der Waals surface area contributed by atoms with Crippen molar-refractivity contribution in [1.82, 2.24) is 10.2 Å². The molecule has 31 heavy (non-hydrogen) atoms. The number of hydrogen-bond acceptors (Lipinski definition) is 5. The molecule has 3 heterocycles. The van der Waals surface area contributed by atoms with E-state index in [0.717, 1.165) is 5.56 Å². The summed E-state index contributed by atoms with van der Waals surface area (Å²) in [6.45, 7) is 0.122. The van der Waals surface area contributed by atoms with E-state index in [1.165, 1.54) is 4.90 Å². The lowest BCUT2D eigenvalue weighted by Crippen LogP contribution is -2.53. The number of imide groups is 1. The van der Waals surface area contributed by atoms with Crippen LogP contribution in [0.5, 0.6) is 0 Å². The SMILES string of the molecule is O=C(O)CC[C@@H]1N[C@]2(C(=O)Nc3ccccc32)[C@@H]2C(=O)N(Cc3ccccc3)C(=O)[C@@H]12. The summed E-state index contributed by atoms with van der Waals surface area (Å²) in [7, 11) is 0. The molecule has 0 saturated carbocycles. The van der Waals surface area contributed by atoms with Crippen LogP contribution >= 0.6 is 0 Å². The first kappa shape index (κ1) is 19.4. The van der Waals surface area contributed by atoms with Gasteiger partial charge in [-0.15, -0.1) is 0 Å². The first-order chi connectivity index (χ1) is 14.9. The third kappa shape index (κ3) is 2.79. The van der Waals surface area contributed by atoms with Gasteiger partial charge in [0.2, 0.25) is 17.7 Å². The van der Waals surface area contributed by atoms with Crippen LogP contribution in [0.2, 0.25) is 0 Å². The third-order valence-electron chi connectivity index (χ3n) is 6.57. The lowest BCUT2D eigenvalue weighted by Gasteiger charge is -2.29. The first-order valence-corrected chi connectivity index (χ1v) is 10.2. The molecule has 0 aromatic heterocycles. The molecule has 5 rings (SSSR count). The molecule has 158 valence electrons. The largest absolute Gasteiger partial charge is 0.481 e. The minimum Gasteiger partial charge on any atom is -0.481 e. The van der Waals surface area contributed by atoms with Gasteiger partial charge in [0.1, 0.15) is 5.54 Å². The molecule has 8 heteroatoms. The average molecular weight is 419 g/mol. The van der Waals surface area contributed by atoms with Crippen LogP contribution in [0.4, 0.5) is 5.69 Å². The minimum absolute atomic E-state index is 0.122. The van der Waals surface area contributed by atoms with Crippen molar-refractivity contribution in [1.29, 1.82) is 0 Å². The number of fused-ring (bicyclic) bond motifs is 4. The van der Waals surface area contributed by atoms with Crippen molar-refractivity contribution in [2.24, 2.45) is 11.8 Å². The molecule has 4 atom stereocenters. The van der Waals surface area contributed by atoms with Gasteiger partial charge in [-0.25, -0.2) is 0 Å². The van der Waals surface area contributed by atoms with Crippen LogP contribution in [-0.2, 0) is 31.3 Å². The Kier molecular flexibility index (Phi) is 4.40. The Labute approximate surface area is 178 Å². The van der Waals surface area contributed by atoms with Gasteiger partial charge in [-0.2, -0.15) is 0 Å². The summed E-state index contributed by atoms with van der Waals surface area (Å²) in [4.78, 5) is 52.6. The second-order valence-corrected chi connectivity index (χ2v) is 8.24. The molecule has 2 fully saturated rings. The molecule has 3 N–H and O–H groups in total. The number of carboxylic acids is 1. The normalized spacial score (nSPS) is 28.7. The molecular formula is C23H21N3O5. The molecular weight excluding hydrogens is 398 g/mol. The van der Waals surface area contributed by atoms with Crippen LogP contribution in [-0.4, -0.2) is 39.7 Å². The van der Waals surface area contributed by atoms with Gasteiger partial charge >= 0.3 is 5.97 Å². The van der Waals surface area contributed by atoms with Crippen molar-refractivity contribution in [3.05, 3.63) is 65.7 Å². The number of carboxylic acid groups (broad SMARTS) is 1. The highest BCUT2D eigenvalue weighted by molar-refractivity contribution is 6.15. The van der Waals surface area contributed by atoms with Crippen LogP contribution in [0.25, 0.3) is 0 Å². The summed E-state index contributed by atoms with van der Waals surface area (Å²) in [5, 5.41) is 15.2. The lowest BCUT2D eigenvalue weighted by atomic mass is 9.76. The molecule has 2 aromatic rings. The highest BCUT2D eigenvalue weighted by Crippen LogP contribution is 2.53. The average Bonchev–Trinajstić information content (AvgIpc) is 3.34. The summed E-state index contributed by atoms with van der Waals surface area (Å²) in [6, 6.07) is 15.7. The van der Waals surface area contributed by atoms with E-state index in [2.05, 4.69) is 10.6 Å². The molecule has 0 aliphatic carbocycles. The maximum absolute atomic E-state index is 13.6. The summed E-state index contributed by atoms with van der Waals surface area (Å²) in [5.41, 5.74) is 0.641. The van der Waals surface area contributed by atoms with Gasteiger partial charge in [-0.05, 0) is 18.1 Å². The number of nitrogens with zero attached hydrogens (tertiary/aromatic N) is 1. The van der Waals surface area contributed by atoms with Gasteiger partial charge < -0.3 is 10.4 Å². The second-order valence-electron chi connectivity index (χ2n) is 8.24. The van der Waals surface area contributed by atoms with Gasteiger partial charge in [0.05, 0.1) is 18.4 Å². The van der Waals surface area contributed by atoms with E-state index in [9.17, 15) is 24.3 Å². The third-order valence-corrected chi connectivity index (χ3v) is 6.57. The summed E-state index contributed by atoms with van der Waals surface area (Å²) in [5.74, 6) is -3.87. The number of carbonyl (C=O) groups is 4. The summed E-state index contributed by atoms with van der Waals surface area (Å²) < 4.78 is 0. The van der Waals surface area contributed by atoms with Crippen molar-refractivity contribution in [2.45, 2.75) is 31.0 Å². The van der Waals surface area contributed by atoms with Crippen molar-refractivity contribution in [3.63, 3.8) is 0 Å². The summed E-state index contributed by atoms with van der Waals surface area (Å²) >= 11 is 0. The molecule has 8 nitrogen and oxygen atoms in total. The standard InChI is InChI=1S/C23H21N3O5/c27-17(28)11-10-16-18-19(21(30)26(20(18)29)12-13-6-2-1-3-7-13)23(25-16)14-8-4-5-9-15(14)24-22(23)31/h1-9,16,18-19,25H,10-12H2,(H,24,31)(H,27,28)/t16-,18-,19-,23-/m0/s1. The monoisotopic (exact) mass is 419 g/mol. The Hall–Kier alpha value is -3.52. The van der Waals surface area contributed by atoms with Crippen molar-refractivity contribution >= 4 is 29.4 Å². The zero-order valence-electron chi connectivity index (χ0n) is 16.6. The highest BCUT2D eigenvalue weighted by Gasteiger charge is 2.70. The highest BCUT2D eigenvalue weighted by atomic mass is 16.4. The molecule has 3 aliphatic rings. The Balaban J connectivity index is 1.58. The Morgan fingerprint density at radius 3 is 2.45 bits per heavy atom. The maximum atomic E-state index is 13.6. The van der Waals surface area contributed by atoms with Crippen LogP contribution in [0.1, 0.15) is 24.0 Å². The summed E-state index contributed by atoms with van der Waals surface area (Å²) in [6.07, 6.45) is -0.0215. The van der Waals surface area contributed by atoms with Gasteiger partial charge in [-0.3, -0.25) is 29.4 Å². The molecule has 0 radical (unpaired) electrons. The Morgan fingerprint density at radius 2 is 1.71 bits per heavy atom. The van der Waals surface area contributed by atoms with Gasteiger partial charge in [0.15, 0.2) is 0 Å². The Bertz CT molecular complexity index is 1100. The number of amides is 3. The minimum atomic E-state index is -1.39. The fraction of sp³-hybridized carbons (Fsp3) is 0.304. The number of nitrogens with one attached hydrogen (secondary N) is 2. The van der Waals surface area contributed by atoms with E-state index in [1.807, 2.05) is 30.3 Å². The van der Waals surface area contributed by atoms with Crippen molar-refractivity contribution < 1.29 is 24.3 Å². The fourth-order valence-electron chi connectivity index (χ4n) is 5.27. The van der Waals surface area contributed by atoms with Crippen molar-refractivity contribution in [2.75, 3.05) is 5.32 Å². The maximum Gasteiger partial charge on any atom is 0.303 e. The number of likely N-dealkylation sites (tertiary alicyclic amines) is 1. The second kappa shape index (κ2) is 7.02. The molecule has 3 amide bonds. The predicted octanol–water partition coefficient (Wildman–Crippen LogP) is 1.47. The van der Waals surface area contributed by atoms with E-state index in [0.29, 0.717) is 11.3 Å². The van der Waals surface area contributed by atoms with Gasteiger partial charge in [-0.1, -0.05) is 48.5 Å². The molecule has 2 aromatic carbocycles. The van der Waals surface area contributed by atoms with Crippen LogP contribution < -0.4 is 10.6 Å². The van der Waals surface area contributed by atoms with Gasteiger partial charge in [0, 0.05) is 23.7 Å². The molecule has 2 saturated heterocycles. The molecule has 0 bridgehead atoms. The van der Waals surface area contributed by atoms with Gasteiger partial charge in [0.25, 0.3) is 0 Å².